The van der Waals surface area contributed by atoms with Crippen LogP contribution >= 0.6 is 11.6 Å². The fraction of sp³-hybridized carbons (Fsp3) is 0.556. The number of carbonyl (C=O) groups excluding carboxylic acids is 1. The molecule has 1 aromatic rings. The van der Waals surface area contributed by atoms with Gasteiger partial charge in [-0.3, -0.25) is 9.59 Å². The molecule has 2 aliphatic rings. The van der Waals surface area contributed by atoms with Gasteiger partial charge in [-0.15, -0.1) is 0 Å². The van der Waals surface area contributed by atoms with Crippen LogP contribution in [0.3, 0.4) is 0 Å². The normalized spacial score (nSPS) is 25.4. The van der Waals surface area contributed by atoms with Crippen LogP contribution in [0.2, 0.25) is 5.02 Å². The Bertz CT molecular complexity index is 830. The van der Waals surface area contributed by atoms with Crippen molar-refractivity contribution >= 4 is 33.3 Å². The second-order valence-electron chi connectivity index (χ2n) is 7.50. The van der Waals surface area contributed by atoms with Crippen LogP contribution in [0.5, 0.6) is 0 Å². The van der Waals surface area contributed by atoms with Crippen LogP contribution in [0.25, 0.3) is 0 Å². The summed E-state index contributed by atoms with van der Waals surface area (Å²) in [6.07, 6.45) is 2.16. The number of rotatable bonds is 4. The molecule has 0 aromatic heterocycles. The molecule has 1 N–H and O–H groups in total. The predicted octanol–water partition coefficient (Wildman–Crippen LogP) is 2.75. The second-order valence-corrected chi connectivity index (χ2v) is 10.2. The number of halogens is 1. The molecule has 142 valence electrons. The van der Waals surface area contributed by atoms with Gasteiger partial charge >= 0.3 is 5.97 Å². The smallest absolute Gasteiger partial charge is 0.311 e. The number of carboxylic acid groups (broad SMARTS) is 1. The van der Waals surface area contributed by atoms with E-state index in [1.807, 2.05) is 0 Å². The zero-order valence-corrected chi connectivity index (χ0v) is 16.1. The molecule has 1 unspecified atom stereocenters. The number of carbonyl (C=O) groups is 2. The lowest BCUT2D eigenvalue weighted by molar-refractivity contribution is -0.147. The summed E-state index contributed by atoms with van der Waals surface area (Å²) in [6.45, 7) is 1.90. The number of likely N-dealkylation sites (tertiary alicyclic amines) is 1. The molecule has 3 rings (SSSR count). The van der Waals surface area contributed by atoms with Crippen molar-refractivity contribution in [1.29, 1.82) is 0 Å². The molecule has 1 aliphatic carbocycles. The number of hydrogen-bond donors (Lipinski definition) is 1. The van der Waals surface area contributed by atoms with Crippen LogP contribution in [0.1, 0.15) is 39.0 Å². The van der Waals surface area contributed by atoms with E-state index in [1.54, 1.807) is 6.92 Å². The van der Waals surface area contributed by atoms with Crippen LogP contribution in [-0.4, -0.2) is 48.1 Å². The molecule has 0 bridgehead atoms. The molecule has 1 heterocycles. The monoisotopic (exact) mass is 399 g/mol. The van der Waals surface area contributed by atoms with E-state index in [9.17, 15) is 23.1 Å². The van der Waals surface area contributed by atoms with Gasteiger partial charge in [-0.1, -0.05) is 24.4 Å². The minimum Gasteiger partial charge on any atom is -0.481 e. The lowest BCUT2D eigenvalue weighted by Crippen LogP contribution is -2.52. The Balaban J connectivity index is 1.97. The second kappa shape index (κ2) is 6.53. The van der Waals surface area contributed by atoms with Gasteiger partial charge in [0.1, 0.15) is 0 Å². The van der Waals surface area contributed by atoms with Crippen molar-refractivity contribution in [3.8, 4) is 0 Å². The van der Waals surface area contributed by atoms with E-state index in [2.05, 4.69) is 0 Å². The van der Waals surface area contributed by atoms with Gasteiger partial charge in [-0.2, -0.15) is 0 Å². The first-order valence-electron chi connectivity index (χ1n) is 8.65. The number of sulfone groups is 1. The number of carboxylic acids is 1. The van der Waals surface area contributed by atoms with Crippen molar-refractivity contribution in [3.63, 3.8) is 0 Å². The maximum absolute atomic E-state index is 13.4. The molecule has 1 atom stereocenters. The van der Waals surface area contributed by atoms with Gasteiger partial charge in [0.25, 0.3) is 0 Å². The Morgan fingerprint density at radius 3 is 2.19 bits per heavy atom. The number of nitrogens with zero attached hydrogens (tertiary/aromatic N) is 1. The zero-order chi connectivity index (χ0) is 19.2. The van der Waals surface area contributed by atoms with Gasteiger partial charge in [0.2, 0.25) is 5.91 Å². The molecule has 0 spiro atoms. The van der Waals surface area contributed by atoms with Crippen molar-refractivity contribution in [1.82, 2.24) is 4.90 Å². The van der Waals surface area contributed by atoms with E-state index in [4.69, 9.17) is 11.6 Å². The van der Waals surface area contributed by atoms with E-state index in [1.165, 1.54) is 29.2 Å². The molecular weight excluding hydrogens is 378 g/mol. The third-order valence-corrected chi connectivity index (χ3v) is 8.47. The summed E-state index contributed by atoms with van der Waals surface area (Å²) in [7, 11) is -3.91. The highest BCUT2D eigenvalue weighted by molar-refractivity contribution is 7.93. The van der Waals surface area contributed by atoms with Crippen LogP contribution in [0.4, 0.5) is 0 Å². The van der Waals surface area contributed by atoms with Gasteiger partial charge in [-0.05, 0) is 50.5 Å². The number of hydrogen-bond acceptors (Lipinski definition) is 4. The van der Waals surface area contributed by atoms with E-state index < -0.39 is 31.9 Å². The molecule has 1 saturated carbocycles. The van der Waals surface area contributed by atoms with E-state index in [0.717, 1.165) is 0 Å². The topological polar surface area (TPSA) is 91.8 Å². The molecule has 6 nitrogen and oxygen atoms in total. The van der Waals surface area contributed by atoms with Crippen molar-refractivity contribution in [2.45, 2.75) is 48.7 Å². The van der Waals surface area contributed by atoms with Crippen LogP contribution in [-0.2, 0) is 19.4 Å². The maximum Gasteiger partial charge on any atom is 0.311 e. The van der Waals surface area contributed by atoms with Gasteiger partial charge in [0.15, 0.2) is 14.6 Å². The molecule has 8 heteroatoms. The fourth-order valence-corrected chi connectivity index (χ4v) is 6.24. The Labute approximate surface area is 158 Å². The zero-order valence-electron chi connectivity index (χ0n) is 14.6. The Morgan fingerprint density at radius 2 is 1.69 bits per heavy atom. The highest BCUT2D eigenvalue weighted by Gasteiger charge is 2.56. The minimum atomic E-state index is -3.91. The number of amides is 1. The van der Waals surface area contributed by atoms with Crippen molar-refractivity contribution in [2.75, 3.05) is 13.1 Å². The van der Waals surface area contributed by atoms with Gasteiger partial charge in [-0.25, -0.2) is 8.42 Å². The Kier molecular flexibility index (Phi) is 4.82. The standard InChI is InChI=1S/C18H22ClNO5S/c1-17(16(22)23)10-11-20(12-17)15(21)18(8-2-3-9-18)26(24,25)14-6-4-13(19)5-7-14/h4-7H,2-3,8-12H2,1H3,(H,22,23). The van der Waals surface area contributed by atoms with Gasteiger partial charge in [0, 0.05) is 18.1 Å². The molecule has 2 fully saturated rings. The number of aliphatic carboxylic acids is 1. The first kappa shape index (κ1) is 19.2. The quantitative estimate of drug-likeness (QED) is 0.840. The predicted molar refractivity (Wildman–Crippen MR) is 96.8 cm³/mol. The summed E-state index contributed by atoms with van der Waals surface area (Å²) in [6, 6.07) is 5.85. The van der Waals surface area contributed by atoms with Crippen LogP contribution in [0, 0.1) is 5.41 Å². The van der Waals surface area contributed by atoms with Gasteiger partial charge < -0.3 is 10.0 Å². The summed E-state index contributed by atoms with van der Waals surface area (Å²) >= 11 is 5.86. The number of benzene rings is 1. The molecule has 1 aliphatic heterocycles. The summed E-state index contributed by atoms with van der Waals surface area (Å²) in [4.78, 5) is 26.3. The average Bonchev–Trinajstić information content (AvgIpc) is 3.23. The van der Waals surface area contributed by atoms with E-state index in [-0.39, 0.29) is 30.8 Å². The van der Waals surface area contributed by atoms with Crippen molar-refractivity contribution in [2.24, 2.45) is 5.41 Å². The van der Waals surface area contributed by atoms with Crippen LogP contribution in [0.15, 0.2) is 29.2 Å². The summed E-state index contributed by atoms with van der Waals surface area (Å²) in [5.41, 5.74) is -1.03. The SMILES string of the molecule is CC1(C(=O)O)CCN(C(=O)C2(S(=O)(=O)c3ccc(Cl)cc3)CCCC2)C1. The fourth-order valence-electron chi connectivity index (χ4n) is 3.98. The third-order valence-electron chi connectivity index (χ3n) is 5.72. The Hall–Kier alpha value is -1.60. The van der Waals surface area contributed by atoms with Crippen molar-refractivity contribution < 1.29 is 23.1 Å². The third kappa shape index (κ3) is 2.91. The molecule has 1 aromatic carbocycles. The van der Waals surface area contributed by atoms with Crippen LogP contribution < -0.4 is 0 Å². The van der Waals surface area contributed by atoms with Crippen molar-refractivity contribution in [3.05, 3.63) is 29.3 Å². The molecule has 26 heavy (non-hydrogen) atoms. The highest BCUT2D eigenvalue weighted by atomic mass is 35.5. The lowest BCUT2D eigenvalue weighted by atomic mass is 9.90. The molecule has 1 amide bonds. The molecule has 1 saturated heterocycles. The molecule has 0 radical (unpaired) electrons. The molecular formula is C18H22ClNO5S. The average molecular weight is 400 g/mol. The summed E-state index contributed by atoms with van der Waals surface area (Å²) in [5.74, 6) is -1.43. The lowest BCUT2D eigenvalue weighted by Gasteiger charge is -2.32. The summed E-state index contributed by atoms with van der Waals surface area (Å²) in [5, 5.41) is 9.82. The Morgan fingerprint density at radius 1 is 1.12 bits per heavy atom. The van der Waals surface area contributed by atoms with E-state index >= 15 is 0 Å². The largest absolute Gasteiger partial charge is 0.481 e. The maximum atomic E-state index is 13.4. The summed E-state index contributed by atoms with van der Waals surface area (Å²) < 4.78 is 25.2. The minimum absolute atomic E-state index is 0.0407. The first-order valence-corrected chi connectivity index (χ1v) is 10.5. The van der Waals surface area contributed by atoms with Gasteiger partial charge in [0.05, 0.1) is 10.3 Å². The van der Waals surface area contributed by atoms with E-state index in [0.29, 0.717) is 24.3 Å². The first-order chi connectivity index (χ1) is 12.1. The highest BCUT2D eigenvalue weighted by Crippen LogP contribution is 2.44.